The smallest absolute Gasteiger partial charge is 0.279 e. The molecule has 2 atom stereocenters. The summed E-state index contributed by atoms with van der Waals surface area (Å²) in [5, 5.41) is 31.1. The second-order valence-electron chi connectivity index (χ2n) is 3.64. The van der Waals surface area contributed by atoms with Crippen molar-refractivity contribution in [3.8, 4) is 5.75 Å². The molecule has 6 nitrogen and oxygen atoms in total. The molecule has 2 unspecified atom stereocenters. The van der Waals surface area contributed by atoms with Crippen LogP contribution in [0, 0.1) is 10.1 Å². The number of methoxy groups -OCH3 is 1. The Balaban J connectivity index is 3.22. The first-order valence-corrected chi connectivity index (χ1v) is 6.38. The Kier molecular flexibility index (Phi) is 5.52. The van der Waals surface area contributed by atoms with Gasteiger partial charge in [-0.2, -0.15) is 0 Å². The quantitative estimate of drug-likeness (QED) is 0.473. The lowest BCUT2D eigenvalue weighted by molar-refractivity contribution is -0.386. The number of aliphatic hydroxyl groups excluding tert-OH is 2. The van der Waals surface area contributed by atoms with Gasteiger partial charge in [0.1, 0.15) is 17.4 Å². The minimum Gasteiger partial charge on any atom is -0.496 e. The summed E-state index contributed by atoms with van der Waals surface area (Å²) >= 11 is 3.14. The highest BCUT2D eigenvalue weighted by molar-refractivity contribution is 9.09. The van der Waals surface area contributed by atoms with Crippen LogP contribution in [0.5, 0.6) is 5.75 Å². The van der Waals surface area contributed by atoms with Crippen LogP contribution < -0.4 is 4.74 Å². The Morgan fingerprint density at radius 2 is 2.17 bits per heavy atom. The van der Waals surface area contributed by atoms with Crippen LogP contribution in [-0.2, 0) is 0 Å². The number of hydrogen-bond donors (Lipinski definition) is 2. The van der Waals surface area contributed by atoms with Gasteiger partial charge in [0.15, 0.2) is 0 Å². The van der Waals surface area contributed by atoms with Crippen LogP contribution >= 0.6 is 15.9 Å². The van der Waals surface area contributed by atoms with Crippen molar-refractivity contribution in [1.82, 2.24) is 0 Å². The normalized spacial score (nSPS) is 14.0. The topological polar surface area (TPSA) is 92.8 Å². The molecule has 0 aromatic heterocycles. The van der Waals surface area contributed by atoms with Crippen molar-refractivity contribution < 1.29 is 19.9 Å². The van der Waals surface area contributed by atoms with Crippen LogP contribution in [0.2, 0.25) is 0 Å². The third-order valence-corrected chi connectivity index (χ3v) is 2.98. The number of rotatable bonds is 6. The molecular weight excluding hydrogens is 306 g/mol. The Morgan fingerprint density at radius 1 is 1.50 bits per heavy atom. The van der Waals surface area contributed by atoms with Crippen molar-refractivity contribution in [2.45, 2.75) is 18.6 Å². The lowest BCUT2D eigenvalue weighted by Gasteiger charge is -2.19. The summed E-state index contributed by atoms with van der Waals surface area (Å²) < 4.78 is 5.00. The maximum atomic E-state index is 10.9. The molecule has 100 valence electrons. The largest absolute Gasteiger partial charge is 0.496 e. The monoisotopic (exact) mass is 319 g/mol. The molecule has 7 heteroatoms. The number of ether oxygens (including phenoxy) is 1. The molecule has 0 bridgehead atoms. The maximum absolute atomic E-state index is 10.9. The third kappa shape index (κ3) is 3.18. The highest BCUT2D eigenvalue weighted by Crippen LogP contribution is 2.35. The van der Waals surface area contributed by atoms with E-state index in [1.165, 1.54) is 25.3 Å². The van der Waals surface area contributed by atoms with Gasteiger partial charge >= 0.3 is 0 Å². The minimum atomic E-state index is -1.36. The van der Waals surface area contributed by atoms with Gasteiger partial charge in [-0.3, -0.25) is 10.1 Å². The van der Waals surface area contributed by atoms with Gasteiger partial charge in [0, 0.05) is 11.4 Å². The number of hydrogen-bond acceptors (Lipinski definition) is 5. The van der Waals surface area contributed by atoms with Gasteiger partial charge in [-0.1, -0.05) is 22.0 Å². The van der Waals surface area contributed by atoms with E-state index in [1.54, 1.807) is 0 Å². The van der Waals surface area contributed by atoms with E-state index in [0.717, 1.165) is 0 Å². The standard InChI is InChI=1S/C11H14BrNO5/c1-18-9-4-2-3-7(13(16)17)10(9)11(15)8(14)5-6-12/h2-4,8,11,14-15H,5-6H2,1H3. The molecule has 0 saturated heterocycles. The maximum Gasteiger partial charge on any atom is 0.279 e. The van der Waals surface area contributed by atoms with Crippen LogP contribution in [-0.4, -0.2) is 33.7 Å². The number of benzene rings is 1. The van der Waals surface area contributed by atoms with Crippen LogP contribution in [0.15, 0.2) is 18.2 Å². The van der Waals surface area contributed by atoms with Crippen LogP contribution in [0.4, 0.5) is 5.69 Å². The number of nitro groups is 1. The summed E-state index contributed by atoms with van der Waals surface area (Å²) in [5.41, 5.74) is -0.270. The van der Waals surface area contributed by atoms with Crippen molar-refractivity contribution in [3.05, 3.63) is 33.9 Å². The fourth-order valence-electron chi connectivity index (χ4n) is 1.63. The summed E-state index contributed by atoms with van der Waals surface area (Å²) in [6, 6.07) is 4.23. The average Bonchev–Trinajstić information content (AvgIpc) is 2.37. The molecule has 0 aliphatic heterocycles. The molecule has 0 heterocycles. The van der Waals surface area contributed by atoms with E-state index >= 15 is 0 Å². The molecule has 0 saturated carbocycles. The predicted octanol–water partition coefficient (Wildman–Crippen LogP) is 1.78. The summed E-state index contributed by atoms with van der Waals surface area (Å²) in [6.07, 6.45) is -2.19. The van der Waals surface area contributed by atoms with Gasteiger partial charge in [-0.25, -0.2) is 0 Å². The van der Waals surface area contributed by atoms with Crippen molar-refractivity contribution in [3.63, 3.8) is 0 Å². The number of nitro benzene ring substituents is 1. The molecule has 0 amide bonds. The number of alkyl halides is 1. The first-order chi connectivity index (χ1) is 8.52. The van der Waals surface area contributed by atoms with Gasteiger partial charge < -0.3 is 14.9 Å². The molecule has 1 aromatic rings. The van der Waals surface area contributed by atoms with Crippen LogP contribution in [0.3, 0.4) is 0 Å². The zero-order valence-electron chi connectivity index (χ0n) is 9.75. The summed E-state index contributed by atoms with van der Waals surface area (Å²) in [7, 11) is 1.35. The predicted molar refractivity (Wildman–Crippen MR) is 69.0 cm³/mol. The van der Waals surface area contributed by atoms with Gasteiger partial charge in [0.05, 0.1) is 18.1 Å². The van der Waals surface area contributed by atoms with E-state index in [1.807, 2.05) is 0 Å². The fourth-order valence-corrected chi connectivity index (χ4v) is 2.10. The lowest BCUT2D eigenvalue weighted by Crippen LogP contribution is -2.20. The molecule has 0 fully saturated rings. The average molecular weight is 320 g/mol. The van der Waals surface area contributed by atoms with Gasteiger partial charge in [0.2, 0.25) is 0 Å². The minimum absolute atomic E-state index is 0.00144. The Labute approximate surface area is 112 Å². The highest BCUT2D eigenvalue weighted by Gasteiger charge is 2.29. The van der Waals surface area contributed by atoms with E-state index in [4.69, 9.17) is 4.74 Å². The number of aliphatic hydroxyl groups is 2. The third-order valence-electron chi connectivity index (χ3n) is 2.52. The molecular formula is C11H14BrNO5. The van der Waals surface area contributed by atoms with E-state index in [2.05, 4.69) is 15.9 Å². The fraction of sp³-hybridized carbons (Fsp3) is 0.455. The molecule has 18 heavy (non-hydrogen) atoms. The van der Waals surface area contributed by atoms with E-state index in [0.29, 0.717) is 5.33 Å². The van der Waals surface area contributed by atoms with Gasteiger partial charge in [-0.15, -0.1) is 0 Å². The molecule has 2 N–H and O–H groups in total. The zero-order chi connectivity index (χ0) is 13.7. The second-order valence-corrected chi connectivity index (χ2v) is 4.43. The van der Waals surface area contributed by atoms with Crippen molar-refractivity contribution in [1.29, 1.82) is 0 Å². The Morgan fingerprint density at radius 3 is 2.67 bits per heavy atom. The van der Waals surface area contributed by atoms with Crippen LogP contribution in [0.1, 0.15) is 18.1 Å². The highest BCUT2D eigenvalue weighted by atomic mass is 79.9. The second kappa shape index (κ2) is 6.67. The Hall–Kier alpha value is -1.18. The van der Waals surface area contributed by atoms with Gasteiger partial charge in [-0.05, 0) is 12.5 Å². The van der Waals surface area contributed by atoms with Crippen LogP contribution in [0.25, 0.3) is 0 Å². The first kappa shape index (κ1) is 14.9. The first-order valence-electron chi connectivity index (χ1n) is 5.26. The molecule has 0 aliphatic carbocycles. The van der Waals surface area contributed by atoms with Crippen molar-refractivity contribution in [2.24, 2.45) is 0 Å². The van der Waals surface area contributed by atoms with Crippen molar-refractivity contribution in [2.75, 3.05) is 12.4 Å². The van der Waals surface area contributed by atoms with E-state index < -0.39 is 17.1 Å². The number of nitrogens with zero attached hydrogens (tertiary/aromatic N) is 1. The van der Waals surface area contributed by atoms with Crippen molar-refractivity contribution >= 4 is 21.6 Å². The lowest BCUT2D eigenvalue weighted by atomic mass is 10.00. The SMILES string of the molecule is COc1cccc([N+](=O)[O-])c1C(O)C(O)CCBr. The van der Waals surface area contributed by atoms with E-state index in [9.17, 15) is 20.3 Å². The summed E-state index contributed by atoms with van der Waals surface area (Å²) in [4.78, 5) is 10.3. The molecule has 0 radical (unpaired) electrons. The molecule has 0 aliphatic rings. The molecule has 1 rings (SSSR count). The molecule has 0 spiro atoms. The van der Waals surface area contributed by atoms with Gasteiger partial charge in [0.25, 0.3) is 5.69 Å². The summed E-state index contributed by atoms with van der Waals surface area (Å²) in [6.45, 7) is 0. The zero-order valence-corrected chi connectivity index (χ0v) is 11.3. The Bertz CT molecular complexity index is 426. The molecule has 1 aromatic carbocycles. The number of halogens is 1. The van der Waals surface area contributed by atoms with E-state index in [-0.39, 0.29) is 23.4 Å². The summed E-state index contributed by atoms with van der Waals surface area (Å²) in [5.74, 6) is 0.185.